The maximum Gasteiger partial charge on any atom is 0.135 e. The van der Waals surface area contributed by atoms with Crippen molar-refractivity contribution >= 4 is 39.0 Å². The van der Waals surface area contributed by atoms with Crippen LogP contribution in [0, 0.1) is 0 Å². The molecule has 2 heteroatoms. The molecule has 0 N–H and O–H groups in total. The summed E-state index contributed by atoms with van der Waals surface area (Å²) in [6.45, 7) is 0. The first-order valence-corrected chi connectivity index (χ1v) is 13.4. The monoisotopic (exact) mass is 499 g/mol. The van der Waals surface area contributed by atoms with Crippen LogP contribution in [0.3, 0.4) is 0 Å². The van der Waals surface area contributed by atoms with Gasteiger partial charge in [-0.15, -0.1) is 0 Å². The van der Waals surface area contributed by atoms with Gasteiger partial charge in [0.05, 0.1) is 5.41 Å². The van der Waals surface area contributed by atoms with Crippen LogP contribution in [-0.4, -0.2) is 0 Å². The quantitative estimate of drug-likeness (QED) is 0.234. The predicted octanol–water partition coefficient (Wildman–Crippen LogP) is 9.75. The van der Waals surface area contributed by atoms with Crippen LogP contribution in [0.1, 0.15) is 22.3 Å². The van der Waals surface area contributed by atoms with E-state index in [0.717, 1.165) is 28.2 Å². The van der Waals surface area contributed by atoms with Crippen LogP contribution < -0.4 is 4.90 Å². The molecule has 1 heterocycles. The molecule has 8 rings (SSSR count). The van der Waals surface area contributed by atoms with Crippen LogP contribution in [0.4, 0.5) is 17.1 Å². The molecule has 184 valence electrons. The molecular formula is C37H25NO. The molecule has 0 atom stereocenters. The Hall–Kier alpha value is -5.08. The highest BCUT2D eigenvalue weighted by Crippen LogP contribution is 2.57. The van der Waals surface area contributed by atoms with Crippen LogP contribution >= 0.6 is 0 Å². The average Bonchev–Trinajstić information content (AvgIpc) is 3.55. The number of rotatable bonds is 5. The summed E-state index contributed by atoms with van der Waals surface area (Å²) in [6.07, 6.45) is 0. The van der Waals surface area contributed by atoms with Crippen molar-refractivity contribution in [3.8, 4) is 0 Å². The highest BCUT2D eigenvalue weighted by atomic mass is 16.3. The smallest absolute Gasteiger partial charge is 0.135 e. The van der Waals surface area contributed by atoms with Crippen molar-refractivity contribution in [3.05, 3.63) is 174 Å². The SMILES string of the molecule is c1ccc(N(c2ccccc2)c2cccc(C3(c4ccccc4)c4cccc5oc6cccc3c6c45)c2)cc1. The number of benzene rings is 6. The van der Waals surface area contributed by atoms with Crippen molar-refractivity contribution < 1.29 is 4.42 Å². The zero-order valence-electron chi connectivity index (χ0n) is 21.3. The van der Waals surface area contributed by atoms with Crippen molar-refractivity contribution in [1.82, 2.24) is 0 Å². The Morgan fingerprint density at radius 3 is 1.44 bits per heavy atom. The fraction of sp³-hybridized carbons (Fsp3) is 0.0270. The minimum Gasteiger partial charge on any atom is -0.456 e. The van der Waals surface area contributed by atoms with Gasteiger partial charge in [-0.25, -0.2) is 0 Å². The lowest BCUT2D eigenvalue weighted by Crippen LogP contribution is -2.29. The molecule has 0 bridgehead atoms. The number of para-hydroxylation sites is 2. The molecule has 0 saturated heterocycles. The van der Waals surface area contributed by atoms with Gasteiger partial charge in [-0.1, -0.05) is 103 Å². The van der Waals surface area contributed by atoms with E-state index >= 15 is 0 Å². The van der Waals surface area contributed by atoms with E-state index in [0.29, 0.717) is 0 Å². The number of hydrogen-bond acceptors (Lipinski definition) is 2. The van der Waals surface area contributed by atoms with Crippen molar-refractivity contribution in [1.29, 1.82) is 0 Å². The maximum absolute atomic E-state index is 6.31. The second-order valence-electron chi connectivity index (χ2n) is 10.1. The topological polar surface area (TPSA) is 16.4 Å². The highest BCUT2D eigenvalue weighted by Gasteiger charge is 2.46. The summed E-state index contributed by atoms with van der Waals surface area (Å²) < 4.78 is 6.31. The molecule has 6 aromatic carbocycles. The van der Waals surface area contributed by atoms with E-state index in [4.69, 9.17) is 4.42 Å². The molecule has 2 nitrogen and oxygen atoms in total. The summed E-state index contributed by atoms with van der Waals surface area (Å²) in [5.41, 5.74) is 9.83. The highest BCUT2D eigenvalue weighted by molar-refractivity contribution is 6.14. The molecule has 0 amide bonds. The lowest BCUT2D eigenvalue weighted by atomic mass is 9.67. The van der Waals surface area contributed by atoms with Crippen LogP contribution in [0.15, 0.2) is 156 Å². The van der Waals surface area contributed by atoms with Crippen LogP contribution in [0.25, 0.3) is 21.9 Å². The third-order valence-electron chi connectivity index (χ3n) is 8.10. The van der Waals surface area contributed by atoms with E-state index in [1.807, 2.05) is 0 Å². The standard InChI is InChI=1S/C37H25NO/c1-4-13-26(14-5-1)37(31-21-11-23-33-35(31)36-32(37)22-12-24-34(36)39-33)27-15-10-20-30(25-27)38(28-16-6-2-7-17-28)29-18-8-3-9-19-29/h1-25H. The molecular weight excluding hydrogens is 474 g/mol. The summed E-state index contributed by atoms with van der Waals surface area (Å²) >= 11 is 0. The average molecular weight is 500 g/mol. The van der Waals surface area contributed by atoms with Gasteiger partial charge in [-0.3, -0.25) is 0 Å². The molecule has 0 spiro atoms. The maximum atomic E-state index is 6.31. The molecule has 1 aliphatic carbocycles. The molecule has 0 aliphatic heterocycles. The van der Waals surface area contributed by atoms with Gasteiger partial charge in [0.1, 0.15) is 11.2 Å². The van der Waals surface area contributed by atoms with Gasteiger partial charge in [0.25, 0.3) is 0 Å². The van der Waals surface area contributed by atoms with Gasteiger partial charge in [-0.05, 0) is 70.8 Å². The minimum atomic E-state index is -0.462. The fourth-order valence-corrected chi connectivity index (χ4v) is 6.59. The van der Waals surface area contributed by atoms with Crippen molar-refractivity contribution in [3.63, 3.8) is 0 Å². The van der Waals surface area contributed by atoms with Gasteiger partial charge in [0, 0.05) is 27.8 Å². The number of anilines is 3. The lowest BCUT2D eigenvalue weighted by molar-refractivity contribution is 0.663. The minimum absolute atomic E-state index is 0.462. The Balaban J connectivity index is 1.44. The summed E-state index contributed by atoms with van der Waals surface area (Å²) in [4.78, 5) is 2.33. The summed E-state index contributed by atoms with van der Waals surface area (Å²) in [6, 6.07) is 54.2. The van der Waals surface area contributed by atoms with E-state index in [-0.39, 0.29) is 0 Å². The molecule has 0 fully saturated rings. The first-order valence-electron chi connectivity index (χ1n) is 13.4. The third-order valence-corrected chi connectivity index (χ3v) is 8.10. The Morgan fingerprint density at radius 1 is 0.410 bits per heavy atom. The van der Waals surface area contributed by atoms with Crippen LogP contribution in [0.5, 0.6) is 0 Å². The van der Waals surface area contributed by atoms with E-state index < -0.39 is 5.41 Å². The van der Waals surface area contributed by atoms with E-state index in [9.17, 15) is 0 Å². The molecule has 0 saturated carbocycles. The Bertz CT molecular complexity index is 1860. The van der Waals surface area contributed by atoms with Crippen molar-refractivity contribution in [2.24, 2.45) is 0 Å². The van der Waals surface area contributed by atoms with E-state index in [2.05, 4.69) is 157 Å². The molecule has 1 aromatic heterocycles. The zero-order chi connectivity index (χ0) is 25.8. The molecule has 39 heavy (non-hydrogen) atoms. The van der Waals surface area contributed by atoms with Gasteiger partial charge >= 0.3 is 0 Å². The second-order valence-corrected chi connectivity index (χ2v) is 10.1. The van der Waals surface area contributed by atoms with Crippen molar-refractivity contribution in [2.75, 3.05) is 4.90 Å². The Labute approximate surface area is 227 Å². The van der Waals surface area contributed by atoms with Gasteiger partial charge < -0.3 is 9.32 Å². The predicted molar refractivity (Wildman–Crippen MR) is 160 cm³/mol. The van der Waals surface area contributed by atoms with Gasteiger partial charge in [0.2, 0.25) is 0 Å². The Morgan fingerprint density at radius 2 is 0.872 bits per heavy atom. The van der Waals surface area contributed by atoms with Gasteiger partial charge in [0.15, 0.2) is 0 Å². The summed E-state index contributed by atoms with van der Waals surface area (Å²) in [7, 11) is 0. The molecule has 1 aliphatic rings. The Kier molecular flexibility index (Phi) is 4.77. The molecule has 0 unspecified atom stereocenters. The first-order chi connectivity index (χ1) is 19.4. The van der Waals surface area contributed by atoms with Crippen molar-refractivity contribution in [2.45, 2.75) is 5.41 Å². The van der Waals surface area contributed by atoms with Crippen LogP contribution in [0.2, 0.25) is 0 Å². The number of furan rings is 1. The fourth-order valence-electron chi connectivity index (χ4n) is 6.59. The molecule has 7 aromatic rings. The number of nitrogens with zero attached hydrogens (tertiary/aromatic N) is 1. The zero-order valence-corrected chi connectivity index (χ0v) is 21.3. The van der Waals surface area contributed by atoms with Crippen LogP contribution in [-0.2, 0) is 5.41 Å². The molecule has 0 radical (unpaired) electrons. The lowest BCUT2D eigenvalue weighted by Gasteiger charge is -2.35. The summed E-state index contributed by atoms with van der Waals surface area (Å²) in [5, 5.41) is 2.45. The number of hydrogen-bond donors (Lipinski definition) is 0. The summed E-state index contributed by atoms with van der Waals surface area (Å²) in [5.74, 6) is 0. The first kappa shape index (κ1) is 22.0. The third kappa shape index (κ3) is 3.09. The van der Waals surface area contributed by atoms with E-state index in [1.165, 1.54) is 33.0 Å². The second kappa shape index (κ2) is 8.47. The van der Waals surface area contributed by atoms with Gasteiger partial charge in [-0.2, -0.15) is 0 Å². The normalized spacial score (nSPS) is 13.3. The largest absolute Gasteiger partial charge is 0.456 e. The van der Waals surface area contributed by atoms with E-state index in [1.54, 1.807) is 0 Å².